The van der Waals surface area contributed by atoms with E-state index in [0.717, 1.165) is 10.8 Å². The van der Waals surface area contributed by atoms with Crippen LogP contribution in [0.2, 0.25) is 0 Å². The van der Waals surface area contributed by atoms with Crippen molar-refractivity contribution >= 4 is 11.8 Å². The van der Waals surface area contributed by atoms with Crippen LogP contribution in [0, 0.1) is 26.0 Å². The highest BCUT2D eigenvalue weighted by Gasteiger charge is 2.50. The van der Waals surface area contributed by atoms with Crippen molar-refractivity contribution in [2.24, 2.45) is 0 Å². The Bertz CT molecular complexity index is 1330. The number of halogens is 1. The van der Waals surface area contributed by atoms with Gasteiger partial charge < -0.3 is 9.84 Å². The quantitative estimate of drug-likeness (QED) is 0.451. The van der Waals surface area contributed by atoms with Crippen molar-refractivity contribution in [1.29, 1.82) is 0 Å². The van der Waals surface area contributed by atoms with Gasteiger partial charge in [0.2, 0.25) is 0 Å². The van der Waals surface area contributed by atoms with E-state index in [9.17, 15) is 30.1 Å². The second-order valence-electron chi connectivity index (χ2n) is 6.83. The van der Waals surface area contributed by atoms with E-state index in [0.29, 0.717) is 28.6 Å². The molecule has 164 valence electrons. The van der Waals surface area contributed by atoms with Gasteiger partial charge in [-0.1, -0.05) is 18.2 Å². The number of methoxy groups -OCH3 is 1. The summed E-state index contributed by atoms with van der Waals surface area (Å²) in [6.07, 6.45) is 0.837. The van der Waals surface area contributed by atoms with Crippen molar-refractivity contribution in [3.8, 4) is 28.3 Å². The molecule has 3 aromatic rings. The minimum Gasteiger partial charge on any atom is -0.506 e. The molecule has 1 aliphatic heterocycles. The first-order chi connectivity index (χ1) is 15.2. The van der Waals surface area contributed by atoms with E-state index in [4.69, 9.17) is 4.74 Å². The number of aromatic nitrogens is 1. The predicted molar refractivity (Wildman–Crippen MR) is 113 cm³/mol. The summed E-state index contributed by atoms with van der Waals surface area (Å²) in [6, 6.07) is 10.9. The zero-order valence-electron chi connectivity index (χ0n) is 16.3. The molecule has 32 heavy (non-hydrogen) atoms. The van der Waals surface area contributed by atoms with Crippen molar-refractivity contribution in [1.82, 2.24) is 4.57 Å². The van der Waals surface area contributed by atoms with Gasteiger partial charge in [-0.2, -0.15) is 0 Å². The Labute approximate surface area is 183 Å². The van der Waals surface area contributed by atoms with E-state index in [2.05, 4.69) is 0 Å². The topological polar surface area (TPSA) is 138 Å². The molecule has 1 aromatic heterocycles. The van der Waals surface area contributed by atoms with E-state index in [1.54, 1.807) is 24.3 Å². The number of pyridine rings is 1. The zero-order chi connectivity index (χ0) is 23.2. The molecule has 0 bridgehead atoms. The van der Waals surface area contributed by atoms with Gasteiger partial charge in [0.15, 0.2) is 0 Å². The Hall–Kier alpha value is -3.93. The summed E-state index contributed by atoms with van der Waals surface area (Å²) < 4.78 is 20.9. The number of thioether (sulfide) groups is 1. The highest BCUT2D eigenvalue weighted by atomic mass is 32.2. The third-order valence-corrected chi connectivity index (χ3v) is 6.34. The van der Waals surface area contributed by atoms with Gasteiger partial charge in [-0.05, 0) is 35.4 Å². The Kier molecular flexibility index (Phi) is 5.30. The minimum atomic E-state index is -1.76. The largest absolute Gasteiger partial charge is 0.506 e. The molecule has 12 heteroatoms. The molecule has 2 atom stereocenters. The maximum Gasteiger partial charge on any atom is 0.296 e. The van der Waals surface area contributed by atoms with Crippen LogP contribution in [-0.2, 0) is 0 Å². The number of fused-ring (bicyclic) bond motifs is 1. The van der Waals surface area contributed by atoms with Gasteiger partial charge in [-0.25, -0.2) is 4.39 Å². The highest BCUT2D eigenvalue weighted by molar-refractivity contribution is 7.99. The maximum atomic E-state index is 15.0. The second kappa shape index (κ2) is 7.96. The minimum absolute atomic E-state index is 0.267. The fourth-order valence-corrected chi connectivity index (χ4v) is 4.75. The van der Waals surface area contributed by atoms with Gasteiger partial charge in [0.05, 0.1) is 24.6 Å². The van der Waals surface area contributed by atoms with Gasteiger partial charge >= 0.3 is 0 Å². The molecule has 1 aliphatic rings. The first-order valence-electron chi connectivity index (χ1n) is 9.08. The number of ether oxygens (including phenoxy) is 1. The van der Waals surface area contributed by atoms with Crippen LogP contribution in [0.5, 0.6) is 11.5 Å². The summed E-state index contributed by atoms with van der Waals surface area (Å²) in [7, 11) is 1.50. The van der Waals surface area contributed by atoms with Gasteiger partial charge in [0.1, 0.15) is 22.9 Å². The van der Waals surface area contributed by atoms with Gasteiger partial charge in [-0.15, -0.1) is 0 Å². The molecule has 0 fully saturated rings. The first-order valence-corrected chi connectivity index (χ1v) is 10.0. The smallest absolute Gasteiger partial charge is 0.296 e. The van der Waals surface area contributed by atoms with Crippen LogP contribution in [0.3, 0.4) is 0 Å². The lowest BCUT2D eigenvalue weighted by Gasteiger charge is -2.13. The molecule has 10 nitrogen and oxygen atoms in total. The Morgan fingerprint density at radius 2 is 1.72 bits per heavy atom. The van der Waals surface area contributed by atoms with Crippen molar-refractivity contribution < 1.29 is 24.1 Å². The number of hydrogen-bond donors (Lipinski definition) is 1. The molecular formula is C20H14FN3O7S. The highest BCUT2D eigenvalue weighted by Crippen LogP contribution is 2.52. The van der Waals surface area contributed by atoms with E-state index in [1.165, 1.54) is 25.3 Å². The summed E-state index contributed by atoms with van der Waals surface area (Å²) >= 11 is 0.318. The molecule has 2 heterocycles. The second-order valence-corrected chi connectivity index (χ2v) is 7.99. The van der Waals surface area contributed by atoms with Gasteiger partial charge in [-0.3, -0.25) is 29.6 Å². The lowest BCUT2D eigenvalue weighted by Crippen LogP contribution is -2.26. The first kappa shape index (κ1) is 21.3. The van der Waals surface area contributed by atoms with Crippen LogP contribution >= 0.6 is 11.8 Å². The summed E-state index contributed by atoms with van der Waals surface area (Å²) in [5.74, 6) is -0.967. The number of benzene rings is 2. The molecule has 1 N–H and O–H groups in total. The number of nitrogens with zero attached hydrogens (tertiary/aromatic N) is 3. The van der Waals surface area contributed by atoms with Crippen molar-refractivity contribution in [2.45, 2.75) is 10.7 Å². The van der Waals surface area contributed by atoms with E-state index < -0.39 is 48.8 Å². The van der Waals surface area contributed by atoms with Crippen molar-refractivity contribution in [3.05, 3.63) is 96.2 Å². The maximum absolute atomic E-state index is 15.0. The summed E-state index contributed by atoms with van der Waals surface area (Å²) in [6.45, 7) is 0. The number of nitro groups is 2. The van der Waals surface area contributed by atoms with Crippen molar-refractivity contribution in [3.63, 3.8) is 0 Å². The zero-order valence-corrected chi connectivity index (χ0v) is 17.1. The number of rotatable bonds is 5. The molecular weight excluding hydrogens is 445 g/mol. The average Bonchev–Trinajstić information content (AvgIpc) is 3.19. The van der Waals surface area contributed by atoms with Crippen LogP contribution in [0.25, 0.3) is 16.8 Å². The summed E-state index contributed by atoms with van der Waals surface area (Å²) in [4.78, 5) is 34.1. The molecule has 0 spiro atoms. The molecule has 2 unspecified atom stereocenters. The van der Waals surface area contributed by atoms with Gasteiger partial charge in [0.25, 0.3) is 16.3 Å². The third-order valence-electron chi connectivity index (χ3n) is 5.01. The molecule has 0 saturated heterocycles. The lowest BCUT2D eigenvalue weighted by atomic mass is 10.0. The van der Waals surface area contributed by atoms with Crippen LogP contribution in [0.4, 0.5) is 4.39 Å². The monoisotopic (exact) mass is 459 g/mol. The predicted octanol–water partition coefficient (Wildman–Crippen LogP) is 3.66. The van der Waals surface area contributed by atoms with Crippen LogP contribution in [0.15, 0.2) is 53.5 Å². The van der Waals surface area contributed by atoms with Crippen LogP contribution in [0.1, 0.15) is 21.9 Å². The Morgan fingerprint density at radius 1 is 1.06 bits per heavy atom. The van der Waals surface area contributed by atoms with Crippen molar-refractivity contribution in [2.75, 3.05) is 7.11 Å². The molecule has 4 rings (SSSR count). The Balaban J connectivity index is 1.86. The normalized spacial score (nSPS) is 17.1. The Morgan fingerprint density at radius 3 is 2.34 bits per heavy atom. The molecule has 0 aliphatic carbocycles. The van der Waals surface area contributed by atoms with Gasteiger partial charge in [0, 0.05) is 21.6 Å². The van der Waals surface area contributed by atoms with E-state index in [-0.39, 0.29) is 5.69 Å². The number of aromatic hydroxyl groups is 1. The molecule has 0 radical (unpaired) electrons. The fraction of sp³-hybridized carbons (Fsp3) is 0.150. The molecule has 0 amide bonds. The third kappa shape index (κ3) is 3.43. The average molecular weight is 459 g/mol. The number of hydrogen-bond acceptors (Lipinski definition) is 8. The molecule has 0 saturated carbocycles. The van der Waals surface area contributed by atoms with Crippen LogP contribution < -0.4 is 10.3 Å². The fourth-order valence-electron chi connectivity index (χ4n) is 3.56. The molecule has 2 aromatic carbocycles. The SMILES string of the molecule is COc1cccc(-c2ccc(-n3cc(O)c4c(c3=O)C([N+](=O)[O-])SC4[N+](=O)[O-])c(F)c2)c1. The standard InChI is InChI=1S/C20H14FN3O7S/c1-31-12-4-2-3-10(7-12)11-5-6-14(13(21)8-11)22-9-15(25)16-17(18(22)26)20(24(29)30)32-19(16)23(27)28/h2-9,19-20,25H,1H3. The summed E-state index contributed by atoms with van der Waals surface area (Å²) in [5.41, 5.74) is -1.12. The van der Waals surface area contributed by atoms with E-state index in [1.807, 2.05) is 0 Å². The van der Waals surface area contributed by atoms with Crippen LogP contribution in [-0.4, -0.2) is 26.6 Å². The van der Waals surface area contributed by atoms with E-state index >= 15 is 4.39 Å². The lowest BCUT2D eigenvalue weighted by molar-refractivity contribution is -0.507. The summed E-state index contributed by atoms with van der Waals surface area (Å²) in [5, 5.41) is 29.6.